The lowest BCUT2D eigenvalue weighted by Crippen LogP contribution is -2.19. The highest BCUT2D eigenvalue weighted by atomic mass is 16.5. The first-order valence-electron chi connectivity index (χ1n) is 7.37. The van der Waals surface area contributed by atoms with Crippen LogP contribution >= 0.6 is 0 Å². The van der Waals surface area contributed by atoms with Crippen molar-refractivity contribution >= 4 is 17.4 Å². The number of rotatable bonds is 6. The van der Waals surface area contributed by atoms with Crippen LogP contribution < -0.4 is 20.1 Å². The Kier molecular flexibility index (Phi) is 4.31. The third-order valence-corrected chi connectivity index (χ3v) is 3.52. The number of anilines is 2. The van der Waals surface area contributed by atoms with Crippen LogP contribution in [0.2, 0.25) is 0 Å². The molecule has 0 saturated heterocycles. The Morgan fingerprint density at radius 3 is 2.83 bits per heavy atom. The van der Waals surface area contributed by atoms with Crippen molar-refractivity contribution in [3.8, 4) is 11.8 Å². The molecule has 2 heterocycles. The fourth-order valence-corrected chi connectivity index (χ4v) is 2.17. The Morgan fingerprint density at radius 2 is 2.13 bits per heavy atom. The minimum Gasteiger partial charge on any atom is -0.481 e. The maximum absolute atomic E-state index is 12.1. The zero-order chi connectivity index (χ0) is 16.2. The number of urea groups is 1. The molecular weight excluding hydrogens is 298 g/mol. The minimum atomic E-state index is -0.388. The quantitative estimate of drug-likeness (QED) is 0.853. The lowest BCUT2D eigenvalue weighted by atomic mass is 10.4. The summed E-state index contributed by atoms with van der Waals surface area (Å²) in [5.41, 5.74) is 1.10. The summed E-state index contributed by atoms with van der Waals surface area (Å²) in [7, 11) is 2.99. The number of aromatic nitrogens is 3. The molecule has 2 amide bonds. The van der Waals surface area contributed by atoms with Crippen LogP contribution in [0, 0.1) is 5.92 Å². The Hall–Kier alpha value is -2.77. The number of nitrogens with zero attached hydrogens (tertiary/aromatic N) is 3. The van der Waals surface area contributed by atoms with Gasteiger partial charge in [0.05, 0.1) is 26.1 Å². The van der Waals surface area contributed by atoms with Crippen molar-refractivity contribution in [1.29, 1.82) is 0 Å². The standard InChI is InChI=1S/C15H19N5O3/c1-22-13-6-5-12(14(19-13)23-2)18-15(21)17-11-7-16-20(9-11)8-10-3-4-10/h5-7,9-10H,3-4,8H2,1-2H3,(H2,17,18,21). The zero-order valence-electron chi connectivity index (χ0n) is 13.1. The van der Waals surface area contributed by atoms with E-state index < -0.39 is 0 Å². The number of hydrogen-bond donors (Lipinski definition) is 2. The molecule has 3 rings (SSSR count). The fourth-order valence-electron chi connectivity index (χ4n) is 2.17. The van der Waals surface area contributed by atoms with Gasteiger partial charge in [0.1, 0.15) is 5.69 Å². The van der Waals surface area contributed by atoms with Crippen LogP contribution in [0.25, 0.3) is 0 Å². The number of amides is 2. The molecule has 8 heteroatoms. The average Bonchev–Trinajstić information content (AvgIpc) is 3.26. The van der Waals surface area contributed by atoms with Gasteiger partial charge in [0, 0.05) is 18.8 Å². The summed E-state index contributed by atoms with van der Waals surface area (Å²) in [5, 5.41) is 9.66. The second-order valence-electron chi connectivity index (χ2n) is 5.38. The molecule has 2 aromatic heterocycles. The molecule has 1 saturated carbocycles. The highest BCUT2D eigenvalue weighted by molar-refractivity contribution is 6.00. The van der Waals surface area contributed by atoms with Crippen LogP contribution in [-0.4, -0.2) is 35.0 Å². The van der Waals surface area contributed by atoms with E-state index in [4.69, 9.17) is 9.47 Å². The zero-order valence-corrected chi connectivity index (χ0v) is 13.1. The van der Waals surface area contributed by atoms with Gasteiger partial charge in [-0.1, -0.05) is 0 Å². The van der Waals surface area contributed by atoms with E-state index in [-0.39, 0.29) is 11.9 Å². The van der Waals surface area contributed by atoms with Crippen molar-refractivity contribution in [3.05, 3.63) is 24.5 Å². The molecule has 0 radical (unpaired) electrons. The van der Waals surface area contributed by atoms with Crippen molar-refractivity contribution in [2.45, 2.75) is 19.4 Å². The van der Waals surface area contributed by atoms with E-state index in [1.165, 1.54) is 27.1 Å². The first-order chi connectivity index (χ1) is 11.2. The molecule has 0 aliphatic heterocycles. The molecular formula is C15H19N5O3. The van der Waals surface area contributed by atoms with E-state index in [0.717, 1.165) is 12.5 Å². The van der Waals surface area contributed by atoms with Gasteiger partial charge in [-0.25, -0.2) is 4.79 Å². The molecule has 122 valence electrons. The average molecular weight is 317 g/mol. The molecule has 1 fully saturated rings. The molecule has 1 aliphatic rings. The van der Waals surface area contributed by atoms with Gasteiger partial charge < -0.3 is 20.1 Å². The smallest absolute Gasteiger partial charge is 0.323 e. The Balaban J connectivity index is 1.61. The SMILES string of the molecule is COc1ccc(NC(=O)Nc2cnn(CC3CC3)c2)c(OC)n1. The summed E-state index contributed by atoms with van der Waals surface area (Å²) in [6.07, 6.45) is 5.97. The summed E-state index contributed by atoms with van der Waals surface area (Å²) in [5.74, 6) is 1.42. The van der Waals surface area contributed by atoms with Crippen LogP contribution in [0.15, 0.2) is 24.5 Å². The number of nitrogens with one attached hydrogen (secondary N) is 2. The lowest BCUT2D eigenvalue weighted by Gasteiger charge is -2.10. The summed E-state index contributed by atoms with van der Waals surface area (Å²) in [4.78, 5) is 16.2. The van der Waals surface area contributed by atoms with Crippen molar-refractivity contribution < 1.29 is 14.3 Å². The molecule has 0 aromatic carbocycles. The molecule has 0 unspecified atom stereocenters. The van der Waals surface area contributed by atoms with E-state index in [0.29, 0.717) is 17.3 Å². The van der Waals surface area contributed by atoms with Crippen LogP contribution in [0.5, 0.6) is 11.8 Å². The summed E-state index contributed by atoms with van der Waals surface area (Å²) < 4.78 is 12.0. The fraction of sp³-hybridized carbons (Fsp3) is 0.400. The largest absolute Gasteiger partial charge is 0.481 e. The molecule has 8 nitrogen and oxygen atoms in total. The van der Waals surface area contributed by atoms with E-state index in [2.05, 4.69) is 20.7 Å². The second-order valence-corrected chi connectivity index (χ2v) is 5.38. The topological polar surface area (TPSA) is 90.3 Å². The van der Waals surface area contributed by atoms with Crippen molar-refractivity contribution in [3.63, 3.8) is 0 Å². The number of ether oxygens (including phenoxy) is 2. The Labute approximate surface area is 133 Å². The third-order valence-electron chi connectivity index (χ3n) is 3.52. The van der Waals surface area contributed by atoms with Crippen molar-refractivity contribution in [1.82, 2.24) is 14.8 Å². The van der Waals surface area contributed by atoms with Gasteiger partial charge in [-0.05, 0) is 24.8 Å². The number of hydrogen-bond acceptors (Lipinski definition) is 5. The highest BCUT2D eigenvalue weighted by Crippen LogP contribution is 2.30. The highest BCUT2D eigenvalue weighted by Gasteiger charge is 2.22. The molecule has 0 spiro atoms. The third kappa shape index (κ3) is 3.91. The van der Waals surface area contributed by atoms with Crippen LogP contribution in [0.3, 0.4) is 0 Å². The minimum absolute atomic E-state index is 0.281. The van der Waals surface area contributed by atoms with Crippen molar-refractivity contribution in [2.75, 3.05) is 24.9 Å². The van der Waals surface area contributed by atoms with E-state index >= 15 is 0 Å². The molecule has 0 bridgehead atoms. The van der Waals surface area contributed by atoms with Gasteiger partial charge in [0.2, 0.25) is 11.8 Å². The first kappa shape index (κ1) is 15.1. The molecule has 0 atom stereocenters. The summed E-state index contributed by atoms with van der Waals surface area (Å²) in [6.45, 7) is 0.902. The van der Waals surface area contributed by atoms with Gasteiger partial charge in [-0.15, -0.1) is 0 Å². The monoisotopic (exact) mass is 317 g/mol. The second kappa shape index (κ2) is 6.55. The normalized spacial score (nSPS) is 13.5. The predicted molar refractivity (Wildman–Crippen MR) is 84.9 cm³/mol. The maximum atomic E-state index is 12.1. The number of carbonyl (C=O) groups excluding carboxylic acids is 1. The maximum Gasteiger partial charge on any atom is 0.323 e. The molecule has 2 N–H and O–H groups in total. The molecule has 2 aromatic rings. The summed E-state index contributed by atoms with van der Waals surface area (Å²) in [6, 6.07) is 2.92. The van der Waals surface area contributed by atoms with Crippen LogP contribution in [0.1, 0.15) is 12.8 Å². The number of carbonyl (C=O) groups is 1. The number of pyridine rings is 1. The first-order valence-corrected chi connectivity index (χ1v) is 7.37. The molecule has 1 aliphatic carbocycles. The van der Waals surface area contributed by atoms with Gasteiger partial charge in [-0.2, -0.15) is 10.1 Å². The molecule has 23 heavy (non-hydrogen) atoms. The van der Waals surface area contributed by atoms with Gasteiger partial charge in [-0.3, -0.25) is 4.68 Å². The summed E-state index contributed by atoms with van der Waals surface area (Å²) >= 11 is 0. The number of methoxy groups -OCH3 is 2. The van der Waals surface area contributed by atoms with Gasteiger partial charge >= 0.3 is 6.03 Å². The predicted octanol–water partition coefficient (Wildman–Crippen LogP) is 2.35. The van der Waals surface area contributed by atoms with Crippen LogP contribution in [-0.2, 0) is 6.54 Å². The van der Waals surface area contributed by atoms with E-state index in [1.54, 1.807) is 18.3 Å². The van der Waals surface area contributed by atoms with Crippen LogP contribution in [0.4, 0.5) is 16.2 Å². The Morgan fingerprint density at radius 1 is 1.30 bits per heavy atom. The van der Waals surface area contributed by atoms with Gasteiger partial charge in [0.25, 0.3) is 0 Å². The van der Waals surface area contributed by atoms with Crippen molar-refractivity contribution in [2.24, 2.45) is 5.92 Å². The lowest BCUT2D eigenvalue weighted by molar-refractivity contribution is 0.262. The van der Waals surface area contributed by atoms with Gasteiger partial charge in [0.15, 0.2) is 0 Å². The van der Waals surface area contributed by atoms with E-state index in [9.17, 15) is 4.79 Å². The Bertz CT molecular complexity index is 696. The van der Waals surface area contributed by atoms with E-state index in [1.807, 2.05) is 10.9 Å².